The topological polar surface area (TPSA) is 85.3 Å². The third kappa shape index (κ3) is 8.39. The molecule has 0 aliphatic carbocycles. The number of Topliss-reactive ketones (excluding diaryl/α,β-unsaturated/α-hetero) is 1. The second-order valence-corrected chi connectivity index (χ2v) is 18.4. The van der Waals surface area contributed by atoms with Gasteiger partial charge in [-0.25, -0.2) is 4.79 Å². The maximum Gasteiger partial charge on any atom is 0.410 e. The molecule has 0 unspecified atom stereocenters. The van der Waals surface area contributed by atoms with E-state index in [0.717, 1.165) is 47.2 Å². The Labute approximate surface area is 288 Å². The highest BCUT2D eigenvalue weighted by Gasteiger charge is 2.49. The van der Waals surface area contributed by atoms with Crippen LogP contribution in [-0.2, 0) is 16.0 Å². The summed E-state index contributed by atoms with van der Waals surface area (Å²) < 4.78 is 16.8. The molecule has 1 amide bonds. The van der Waals surface area contributed by atoms with Gasteiger partial charge in [-0.2, -0.15) is 0 Å². The number of ether oxygens (including phenoxy) is 3. The fourth-order valence-electron chi connectivity index (χ4n) is 6.82. The van der Waals surface area contributed by atoms with Crippen molar-refractivity contribution < 1.29 is 28.6 Å². The van der Waals surface area contributed by atoms with Crippen molar-refractivity contribution >= 4 is 30.6 Å². The molecule has 1 aliphatic rings. The predicted octanol–water partition coefficient (Wildman–Crippen LogP) is 7.54. The van der Waals surface area contributed by atoms with Gasteiger partial charge in [0, 0.05) is 13.0 Å². The van der Waals surface area contributed by atoms with Crippen LogP contribution in [0.25, 0.3) is 0 Å². The molecular formula is C40H53NO6Si. The lowest BCUT2D eigenvalue weighted by molar-refractivity contribution is -0.117. The second kappa shape index (κ2) is 15.6. The lowest BCUT2D eigenvalue weighted by Crippen LogP contribution is -2.65. The van der Waals surface area contributed by atoms with Crippen molar-refractivity contribution in [2.45, 2.75) is 96.2 Å². The number of rotatable bonds is 14. The Morgan fingerprint density at radius 2 is 1.44 bits per heavy atom. The van der Waals surface area contributed by atoms with Crippen LogP contribution in [0, 0.1) is 0 Å². The van der Waals surface area contributed by atoms with Crippen LogP contribution in [-0.4, -0.2) is 56.3 Å². The number of carbonyl (C=O) groups is 2. The quantitative estimate of drug-likeness (QED) is 0.108. The Bertz CT molecular complexity index is 1520. The number of methoxy groups -OCH3 is 2. The van der Waals surface area contributed by atoms with Crippen LogP contribution in [0.15, 0.2) is 84.9 Å². The number of hydrogen-bond acceptors (Lipinski definition) is 6. The number of allylic oxidation sites excluding steroid dienone is 1. The molecule has 1 N–H and O–H groups in total. The molecular weight excluding hydrogens is 619 g/mol. The fourth-order valence-corrected chi connectivity index (χ4v) is 10.6. The zero-order valence-corrected chi connectivity index (χ0v) is 30.8. The fraction of sp³-hybridized carbons (Fsp3) is 0.450. The van der Waals surface area contributed by atoms with Crippen LogP contribution >= 0.6 is 0 Å². The third-order valence-electron chi connectivity index (χ3n) is 9.55. The number of unbranched alkanes of at least 4 members (excludes halogenated alkanes) is 2. The van der Waals surface area contributed by atoms with E-state index in [1.54, 1.807) is 19.1 Å². The van der Waals surface area contributed by atoms with Crippen molar-refractivity contribution in [3.63, 3.8) is 0 Å². The molecule has 3 aromatic carbocycles. The molecule has 0 saturated heterocycles. The standard InChI is InChI=1S/C40H53NO6Si/c1-29(18-12-11-17-24-40(5,6)48(44,31-19-13-9-14-20-31)32-21-15-10-16-22-32)35(42)28-34-33-27-37(46-8)36(45-7)26-30(33)23-25-41(34)38(43)47-39(2,3)4/h9-10,13-16,19-22,26-27,34,44H,1,11-12,17-18,23-25,28H2,2-8H3/t34-/m1/s1. The van der Waals surface area contributed by atoms with Crippen LogP contribution < -0.4 is 19.8 Å². The summed E-state index contributed by atoms with van der Waals surface area (Å²) in [4.78, 5) is 41.1. The first-order valence-corrected chi connectivity index (χ1v) is 19.0. The Morgan fingerprint density at radius 3 is 1.98 bits per heavy atom. The van der Waals surface area contributed by atoms with Crippen molar-refractivity contribution in [1.82, 2.24) is 4.90 Å². The monoisotopic (exact) mass is 671 g/mol. The Hall–Kier alpha value is -3.88. The predicted molar refractivity (Wildman–Crippen MR) is 195 cm³/mol. The minimum atomic E-state index is -3.06. The normalized spacial score (nSPS) is 15.0. The first kappa shape index (κ1) is 36.9. The summed E-state index contributed by atoms with van der Waals surface area (Å²) in [6, 6.07) is 23.5. The van der Waals surface area contributed by atoms with Gasteiger partial charge in [-0.15, -0.1) is 0 Å². The summed E-state index contributed by atoms with van der Waals surface area (Å²) >= 11 is 0. The van der Waals surface area contributed by atoms with Crippen molar-refractivity contribution in [1.29, 1.82) is 0 Å². The van der Waals surface area contributed by atoms with Gasteiger partial charge < -0.3 is 23.9 Å². The van der Waals surface area contributed by atoms with E-state index in [-0.39, 0.29) is 17.2 Å². The Kier molecular flexibility index (Phi) is 12.0. The number of benzene rings is 3. The highest BCUT2D eigenvalue weighted by Crippen LogP contribution is 2.42. The Balaban J connectivity index is 1.42. The molecule has 258 valence electrons. The van der Waals surface area contributed by atoms with Crippen molar-refractivity contribution in [3.8, 4) is 11.5 Å². The average molecular weight is 672 g/mol. The Morgan fingerprint density at radius 1 is 0.875 bits per heavy atom. The summed E-state index contributed by atoms with van der Waals surface area (Å²) in [7, 11) is 0.117. The molecule has 1 heterocycles. The number of nitrogens with zero attached hydrogens (tertiary/aromatic N) is 1. The van der Waals surface area contributed by atoms with E-state index in [1.807, 2.05) is 69.3 Å². The van der Waals surface area contributed by atoms with Gasteiger partial charge in [0.05, 0.1) is 20.3 Å². The lowest BCUT2D eigenvalue weighted by atomic mass is 9.87. The largest absolute Gasteiger partial charge is 0.493 e. The smallest absolute Gasteiger partial charge is 0.410 e. The van der Waals surface area contributed by atoms with Gasteiger partial charge in [0.25, 0.3) is 8.32 Å². The number of ketones is 1. The molecule has 48 heavy (non-hydrogen) atoms. The van der Waals surface area contributed by atoms with Crippen molar-refractivity contribution in [2.75, 3.05) is 20.8 Å². The van der Waals surface area contributed by atoms with E-state index in [4.69, 9.17) is 14.2 Å². The van der Waals surface area contributed by atoms with E-state index in [0.29, 0.717) is 36.5 Å². The van der Waals surface area contributed by atoms with Crippen molar-refractivity contribution in [3.05, 3.63) is 96.1 Å². The van der Waals surface area contributed by atoms with Gasteiger partial charge in [0.2, 0.25) is 0 Å². The molecule has 3 aromatic rings. The van der Waals surface area contributed by atoms with E-state index < -0.39 is 26.1 Å². The third-order valence-corrected chi connectivity index (χ3v) is 14.1. The molecule has 4 rings (SSSR count). The van der Waals surface area contributed by atoms with Crippen LogP contribution in [0.1, 0.15) is 90.3 Å². The summed E-state index contributed by atoms with van der Waals surface area (Å²) in [6.07, 6.45) is 4.38. The van der Waals surface area contributed by atoms with Crippen LogP contribution in [0.5, 0.6) is 11.5 Å². The maximum absolute atomic E-state index is 13.7. The highest BCUT2D eigenvalue weighted by molar-refractivity contribution is 6.98. The molecule has 0 saturated carbocycles. The lowest BCUT2D eigenvalue weighted by Gasteiger charge is -2.41. The highest BCUT2D eigenvalue weighted by atomic mass is 28.4. The van der Waals surface area contributed by atoms with E-state index in [9.17, 15) is 14.4 Å². The van der Waals surface area contributed by atoms with E-state index >= 15 is 0 Å². The SMILES string of the molecule is C=C(CCCCCC(C)(C)[Si](O)(c1ccccc1)c1ccccc1)C(=O)C[C@@H]1c2cc(OC)c(OC)cc2CCN1C(=O)OC(C)(C)C. The van der Waals surface area contributed by atoms with E-state index in [2.05, 4.69) is 44.7 Å². The minimum absolute atomic E-state index is 0.0635. The van der Waals surface area contributed by atoms with Gasteiger partial charge in [-0.1, -0.05) is 93.9 Å². The molecule has 0 fully saturated rings. The van der Waals surface area contributed by atoms with Gasteiger partial charge in [-0.05, 0) is 90.7 Å². The number of fused-ring (bicyclic) bond motifs is 1. The van der Waals surface area contributed by atoms with Gasteiger partial charge >= 0.3 is 6.09 Å². The first-order chi connectivity index (χ1) is 22.7. The van der Waals surface area contributed by atoms with Crippen molar-refractivity contribution in [2.24, 2.45) is 0 Å². The van der Waals surface area contributed by atoms with E-state index in [1.165, 1.54) is 0 Å². The molecule has 0 aromatic heterocycles. The molecule has 8 heteroatoms. The number of hydrogen-bond donors (Lipinski definition) is 1. The molecule has 0 radical (unpaired) electrons. The average Bonchev–Trinajstić information content (AvgIpc) is 3.06. The molecule has 1 atom stereocenters. The minimum Gasteiger partial charge on any atom is -0.493 e. The van der Waals surface area contributed by atoms with Gasteiger partial charge in [-0.3, -0.25) is 4.79 Å². The molecule has 0 spiro atoms. The summed E-state index contributed by atoms with van der Waals surface area (Å²) in [5, 5.41) is 1.72. The first-order valence-electron chi connectivity index (χ1n) is 17.0. The number of carbonyl (C=O) groups excluding carboxylic acids is 2. The summed E-state index contributed by atoms with van der Waals surface area (Å²) in [5.74, 6) is 1.11. The van der Waals surface area contributed by atoms with Gasteiger partial charge in [0.1, 0.15) is 5.60 Å². The molecule has 1 aliphatic heterocycles. The van der Waals surface area contributed by atoms with Crippen LogP contribution in [0.2, 0.25) is 5.04 Å². The van der Waals surface area contributed by atoms with Crippen LogP contribution in [0.3, 0.4) is 0 Å². The van der Waals surface area contributed by atoms with Crippen LogP contribution in [0.4, 0.5) is 4.79 Å². The second-order valence-electron chi connectivity index (χ2n) is 14.5. The molecule has 7 nitrogen and oxygen atoms in total. The maximum atomic E-state index is 13.7. The summed E-state index contributed by atoms with van der Waals surface area (Å²) in [6.45, 7) is 14.5. The molecule has 0 bridgehead atoms. The zero-order valence-electron chi connectivity index (χ0n) is 29.8. The summed E-state index contributed by atoms with van der Waals surface area (Å²) in [5.41, 5.74) is 1.78. The zero-order chi connectivity index (χ0) is 35.1. The number of amides is 1. The van der Waals surface area contributed by atoms with Gasteiger partial charge in [0.15, 0.2) is 17.3 Å².